The molecule has 0 fully saturated rings. The first-order valence-corrected chi connectivity index (χ1v) is 12.4. The number of thioether (sulfide) groups is 1. The summed E-state index contributed by atoms with van der Waals surface area (Å²) in [6.07, 6.45) is 10.4. The molecular weight excluding hydrogens is 438 g/mol. The molecule has 0 saturated heterocycles. The highest BCUT2D eigenvalue weighted by Crippen LogP contribution is 2.15. The van der Waals surface area contributed by atoms with E-state index in [0.29, 0.717) is 11.4 Å². The number of hydrogen-bond donors (Lipinski definition) is 5. The van der Waals surface area contributed by atoms with Gasteiger partial charge in [0.2, 0.25) is 17.7 Å². The Bertz CT molecular complexity index is 800. The van der Waals surface area contributed by atoms with Gasteiger partial charge in [-0.25, -0.2) is 0 Å². The highest BCUT2D eigenvalue weighted by Gasteiger charge is 2.23. The van der Waals surface area contributed by atoms with Gasteiger partial charge in [-0.15, -0.1) is 0 Å². The quantitative estimate of drug-likeness (QED) is 0.291. The van der Waals surface area contributed by atoms with Gasteiger partial charge in [-0.2, -0.15) is 11.8 Å². The van der Waals surface area contributed by atoms with Crippen molar-refractivity contribution in [2.24, 2.45) is 5.73 Å². The Labute approximate surface area is 201 Å². The largest absolute Gasteiger partial charge is 0.368 e. The second kappa shape index (κ2) is 15.2. The molecule has 184 valence electrons. The van der Waals surface area contributed by atoms with Crippen LogP contribution in [0.25, 0.3) is 0 Å². The van der Waals surface area contributed by atoms with E-state index in [0.717, 1.165) is 37.1 Å². The van der Waals surface area contributed by atoms with Crippen LogP contribution in [0.5, 0.6) is 0 Å². The van der Waals surface area contributed by atoms with Crippen molar-refractivity contribution in [3.63, 3.8) is 0 Å². The van der Waals surface area contributed by atoms with Crippen LogP contribution in [0.1, 0.15) is 59.8 Å². The van der Waals surface area contributed by atoms with E-state index in [1.54, 1.807) is 11.8 Å². The van der Waals surface area contributed by atoms with E-state index in [4.69, 9.17) is 5.73 Å². The third kappa shape index (κ3) is 12.8. The first kappa shape index (κ1) is 28.4. The molecule has 1 aliphatic heterocycles. The molecule has 0 unspecified atom stereocenters. The van der Waals surface area contributed by atoms with Gasteiger partial charge in [0.1, 0.15) is 6.04 Å². The minimum Gasteiger partial charge on any atom is -0.368 e. The third-order valence-corrected chi connectivity index (χ3v) is 5.95. The number of rotatable bonds is 11. The number of amides is 3. The summed E-state index contributed by atoms with van der Waals surface area (Å²) in [6.45, 7) is 11.7. The zero-order chi connectivity index (χ0) is 24.8. The Kier molecular flexibility index (Phi) is 13.1. The molecule has 9 heteroatoms. The lowest BCUT2D eigenvalue weighted by molar-refractivity contribution is -0.129. The van der Waals surface area contributed by atoms with Gasteiger partial charge < -0.3 is 27.2 Å². The molecule has 0 aromatic carbocycles. The third-order valence-electron chi connectivity index (χ3n) is 4.98. The first-order valence-electron chi connectivity index (χ1n) is 11.2. The van der Waals surface area contributed by atoms with Gasteiger partial charge in [0.05, 0.1) is 12.5 Å². The Balaban J connectivity index is 2.55. The standard InChI is InChI=1S/C24H39N5O3S/c1-16(2)8-6-9-17(3)10-7-11-20-12-13-33-15-22(18(4)28-29-20)27-23(31)14-21(24(25)32)26-19(5)30/h8,10,12,21-22,28-29H,4,6-7,9,11,13-15H2,1-3,5H3,(H2,25,32)(H,26,30)(H,27,31)/b17-10+,20-12-/t21-,22-/m0/s1. The molecule has 8 nitrogen and oxygen atoms in total. The van der Waals surface area contributed by atoms with Crippen LogP contribution < -0.4 is 27.2 Å². The van der Waals surface area contributed by atoms with Crippen molar-refractivity contribution in [1.29, 1.82) is 0 Å². The van der Waals surface area contributed by atoms with Gasteiger partial charge >= 0.3 is 0 Å². The maximum absolute atomic E-state index is 12.4. The lowest BCUT2D eigenvalue weighted by atomic mass is 10.1. The lowest BCUT2D eigenvalue weighted by Crippen LogP contribution is -2.49. The Morgan fingerprint density at radius 2 is 1.94 bits per heavy atom. The highest BCUT2D eigenvalue weighted by atomic mass is 32.2. The fourth-order valence-electron chi connectivity index (χ4n) is 3.11. The predicted molar refractivity (Wildman–Crippen MR) is 136 cm³/mol. The van der Waals surface area contributed by atoms with E-state index in [2.05, 4.69) is 67.1 Å². The summed E-state index contributed by atoms with van der Waals surface area (Å²) < 4.78 is 0. The van der Waals surface area contributed by atoms with Crippen LogP contribution >= 0.6 is 11.8 Å². The molecule has 0 radical (unpaired) electrons. The van der Waals surface area contributed by atoms with Crippen molar-refractivity contribution >= 4 is 29.5 Å². The molecule has 0 aromatic rings. The number of allylic oxidation sites excluding steroid dienone is 5. The van der Waals surface area contributed by atoms with E-state index >= 15 is 0 Å². The van der Waals surface area contributed by atoms with E-state index in [9.17, 15) is 14.4 Å². The monoisotopic (exact) mass is 477 g/mol. The summed E-state index contributed by atoms with van der Waals surface area (Å²) in [6, 6.07) is -1.39. The fourth-order valence-corrected chi connectivity index (χ4v) is 4.08. The second-order valence-electron chi connectivity index (χ2n) is 8.43. The van der Waals surface area contributed by atoms with E-state index in [1.165, 1.54) is 18.1 Å². The molecular formula is C24H39N5O3S. The van der Waals surface area contributed by atoms with Crippen LogP contribution in [0.3, 0.4) is 0 Å². The van der Waals surface area contributed by atoms with Gasteiger partial charge in [-0.3, -0.25) is 14.4 Å². The van der Waals surface area contributed by atoms with Crippen LogP contribution in [-0.2, 0) is 14.4 Å². The topological polar surface area (TPSA) is 125 Å². The molecule has 1 rings (SSSR count). The molecule has 0 saturated carbocycles. The summed E-state index contributed by atoms with van der Waals surface area (Å²) in [7, 11) is 0. The lowest BCUT2D eigenvalue weighted by Gasteiger charge is -2.23. The molecule has 3 amide bonds. The minimum atomic E-state index is -1.04. The first-order chi connectivity index (χ1) is 15.6. The van der Waals surface area contributed by atoms with Gasteiger partial charge in [0.15, 0.2) is 0 Å². The molecule has 0 spiro atoms. The average Bonchev–Trinajstić information content (AvgIpc) is 2.79. The number of carbonyl (C=O) groups is 3. The second-order valence-corrected chi connectivity index (χ2v) is 9.51. The number of hydrogen-bond acceptors (Lipinski definition) is 6. The summed E-state index contributed by atoms with van der Waals surface area (Å²) in [5.41, 5.74) is 16.0. The Morgan fingerprint density at radius 3 is 2.58 bits per heavy atom. The Morgan fingerprint density at radius 1 is 1.21 bits per heavy atom. The highest BCUT2D eigenvalue weighted by molar-refractivity contribution is 7.99. The number of hydrazine groups is 1. The smallest absolute Gasteiger partial charge is 0.240 e. The number of carbonyl (C=O) groups excluding carboxylic acids is 3. The van der Waals surface area contributed by atoms with E-state index in [-0.39, 0.29) is 18.4 Å². The average molecular weight is 478 g/mol. The summed E-state index contributed by atoms with van der Waals surface area (Å²) in [4.78, 5) is 35.1. The predicted octanol–water partition coefficient (Wildman–Crippen LogP) is 2.56. The van der Waals surface area contributed by atoms with Crippen LogP contribution in [0.15, 0.2) is 47.3 Å². The van der Waals surface area contributed by atoms with Gasteiger partial charge in [-0.1, -0.05) is 36.0 Å². The van der Waals surface area contributed by atoms with Crippen molar-refractivity contribution in [3.05, 3.63) is 47.3 Å². The molecule has 0 bridgehead atoms. The molecule has 0 aliphatic carbocycles. The number of nitrogens with two attached hydrogens (primary N) is 1. The van der Waals surface area contributed by atoms with Crippen molar-refractivity contribution in [1.82, 2.24) is 21.5 Å². The van der Waals surface area contributed by atoms with Crippen molar-refractivity contribution in [3.8, 4) is 0 Å². The summed E-state index contributed by atoms with van der Waals surface area (Å²) in [5.74, 6) is -0.146. The summed E-state index contributed by atoms with van der Waals surface area (Å²) >= 11 is 1.67. The fraction of sp³-hybridized carbons (Fsp3) is 0.542. The SMILES string of the molecule is C=C1NN/C(CC/C=C(\C)CCC=C(C)C)=C\CSC[C@@H]1NC(=O)C[C@H](NC(C)=O)C(N)=O. The maximum atomic E-state index is 12.4. The van der Waals surface area contributed by atoms with Crippen LogP contribution in [0.4, 0.5) is 0 Å². The van der Waals surface area contributed by atoms with E-state index < -0.39 is 17.9 Å². The molecule has 2 atom stereocenters. The molecule has 1 aliphatic rings. The van der Waals surface area contributed by atoms with Gasteiger partial charge in [-0.05, 0) is 46.5 Å². The van der Waals surface area contributed by atoms with E-state index in [1.807, 2.05) is 0 Å². The Hall–Kier alpha value is -2.68. The minimum absolute atomic E-state index is 0.223. The normalized spacial score (nSPS) is 19.3. The number of nitrogens with one attached hydrogen (secondary N) is 4. The maximum Gasteiger partial charge on any atom is 0.240 e. The summed E-state index contributed by atoms with van der Waals surface area (Å²) in [5, 5.41) is 5.26. The molecule has 0 aromatic heterocycles. The van der Waals surface area contributed by atoms with Crippen LogP contribution in [-0.4, -0.2) is 41.3 Å². The molecule has 1 heterocycles. The molecule has 33 heavy (non-hydrogen) atoms. The van der Waals surface area contributed by atoms with Gasteiger partial charge in [0.25, 0.3) is 0 Å². The zero-order valence-electron chi connectivity index (χ0n) is 20.3. The van der Waals surface area contributed by atoms with Crippen molar-refractivity contribution in [2.45, 2.75) is 71.9 Å². The number of primary amides is 1. The van der Waals surface area contributed by atoms with Crippen molar-refractivity contribution < 1.29 is 14.4 Å². The molecule has 6 N–H and O–H groups in total. The van der Waals surface area contributed by atoms with Crippen molar-refractivity contribution in [2.75, 3.05) is 11.5 Å². The van der Waals surface area contributed by atoms with Gasteiger partial charge in [0, 0.05) is 29.8 Å². The van der Waals surface area contributed by atoms with Crippen LogP contribution in [0, 0.1) is 0 Å². The zero-order valence-corrected chi connectivity index (χ0v) is 21.1. The van der Waals surface area contributed by atoms with Crippen LogP contribution in [0.2, 0.25) is 0 Å².